The van der Waals surface area contributed by atoms with E-state index in [1.54, 1.807) is 24.8 Å². The molecule has 2 heterocycles. The highest BCUT2D eigenvalue weighted by atomic mass is 32.2. The lowest BCUT2D eigenvalue weighted by molar-refractivity contribution is -0.161. The molecule has 0 saturated carbocycles. The molecule has 4 atom stereocenters. The molecular formula is C43H45N4O6PS2Si. The second-order valence-corrected chi connectivity index (χ2v) is 24.3. The number of nitriles is 1. The average molecular weight is 837 g/mol. The third-order valence-electron chi connectivity index (χ3n) is 9.74. The topological polar surface area (TPSA) is 132 Å². The lowest BCUT2D eigenvalue weighted by Gasteiger charge is -2.54. The molecule has 0 unspecified atom stereocenters. The van der Waals surface area contributed by atoms with Crippen LogP contribution in [0.4, 0.5) is 0 Å². The molecule has 10 nitrogen and oxygen atoms in total. The van der Waals surface area contributed by atoms with Gasteiger partial charge in [-0.25, -0.2) is 4.79 Å². The maximum atomic E-state index is 15.4. The first-order valence-electron chi connectivity index (χ1n) is 18.5. The quantitative estimate of drug-likeness (QED) is 0.0329. The number of esters is 1. The molecule has 1 saturated heterocycles. The molecule has 1 aliphatic heterocycles. The van der Waals surface area contributed by atoms with Gasteiger partial charge in [0.15, 0.2) is 12.7 Å². The number of likely N-dealkylation sites (tertiary alicyclic amines) is 1. The van der Waals surface area contributed by atoms with Gasteiger partial charge in [-0.05, 0) is 60.2 Å². The normalized spacial score (nSPS) is 16.5. The van der Waals surface area contributed by atoms with Crippen molar-refractivity contribution >= 4 is 77.3 Å². The maximum Gasteiger partial charge on any atom is 0.356 e. The summed E-state index contributed by atoms with van der Waals surface area (Å²) in [7, 11) is -0.636. The molecule has 0 N–H and O–H groups in total. The van der Waals surface area contributed by atoms with Crippen LogP contribution in [0.1, 0.15) is 18.9 Å². The zero-order valence-electron chi connectivity index (χ0n) is 32.5. The van der Waals surface area contributed by atoms with Crippen molar-refractivity contribution < 1.29 is 28.3 Å². The third kappa shape index (κ3) is 9.17. The van der Waals surface area contributed by atoms with Gasteiger partial charge < -0.3 is 18.8 Å². The summed E-state index contributed by atoms with van der Waals surface area (Å²) in [6, 6.07) is 37.7. The number of β-lactam (4-membered cyclic amide) rings is 1. The second kappa shape index (κ2) is 18.6. The van der Waals surface area contributed by atoms with Gasteiger partial charge in [0.05, 0.1) is 42.9 Å². The molecule has 1 amide bonds. The van der Waals surface area contributed by atoms with Gasteiger partial charge in [-0.3, -0.25) is 9.59 Å². The van der Waals surface area contributed by atoms with Crippen LogP contribution in [0, 0.1) is 23.2 Å². The Balaban J connectivity index is 1.64. The van der Waals surface area contributed by atoms with E-state index >= 15 is 9.59 Å². The van der Waals surface area contributed by atoms with Gasteiger partial charge >= 0.3 is 5.97 Å². The molecule has 5 aromatic rings. The summed E-state index contributed by atoms with van der Waals surface area (Å²) < 4.78 is 18.8. The van der Waals surface area contributed by atoms with Crippen molar-refractivity contribution in [3.05, 3.63) is 126 Å². The van der Waals surface area contributed by atoms with Crippen LogP contribution in [0.5, 0.6) is 5.75 Å². The van der Waals surface area contributed by atoms with E-state index in [1.165, 1.54) is 28.0 Å². The van der Waals surface area contributed by atoms with Gasteiger partial charge in [-0.15, -0.1) is 10.2 Å². The predicted molar refractivity (Wildman–Crippen MR) is 230 cm³/mol. The van der Waals surface area contributed by atoms with Gasteiger partial charge in [-0.1, -0.05) is 126 Å². The number of ketones is 1. The fourth-order valence-electron chi connectivity index (χ4n) is 7.41. The van der Waals surface area contributed by atoms with E-state index < -0.39 is 45.2 Å². The zero-order valence-corrected chi connectivity index (χ0v) is 36.0. The van der Waals surface area contributed by atoms with E-state index in [9.17, 15) is 10.1 Å². The molecule has 0 aliphatic carbocycles. The smallest absolute Gasteiger partial charge is 0.356 e. The Kier molecular flexibility index (Phi) is 13.6. The molecule has 6 rings (SSSR count). The van der Waals surface area contributed by atoms with Gasteiger partial charge in [0.2, 0.25) is 5.91 Å². The minimum absolute atomic E-state index is 0.00361. The van der Waals surface area contributed by atoms with Crippen LogP contribution in [-0.2, 0) is 30.2 Å². The number of methoxy groups -OCH3 is 1. The number of amides is 1. The number of nitrogens with zero attached hydrogens (tertiary/aromatic N) is 4. The molecule has 1 aliphatic rings. The van der Waals surface area contributed by atoms with E-state index in [-0.39, 0.29) is 35.9 Å². The summed E-state index contributed by atoms with van der Waals surface area (Å²) >= 11 is 2.56. The highest BCUT2D eigenvalue weighted by Gasteiger charge is 2.59. The zero-order chi connectivity index (χ0) is 40.6. The van der Waals surface area contributed by atoms with Crippen molar-refractivity contribution in [2.24, 2.45) is 11.8 Å². The summed E-state index contributed by atoms with van der Waals surface area (Å²) in [5.74, 6) is -2.41. The van der Waals surface area contributed by atoms with Crippen LogP contribution in [0.2, 0.25) is 19.6 Å². The molecule has 4 aromatic carbocycles. The molecule has 1 fully saturated rings. The molecule has 0 spiro atoms. The number of carbonyl (C=O) groups excluding carboxylic acids is 3. The van der Waals surface area contributed by atoms with Crippen molar-refractivity contribution in [3.8, 4) is 11.8 Å². The van der Waals surface area contributed by atoms with Crippen LogP contribution in [0.15, 0.2) is 125 Å². The fourth-order valence-corrected chi connectivity index (χ4v) is 14.5. The Hall–Kier alpha value is -4.83. The number of ether oxygens (including phenoxy) is 2. The maximum absolute atomic E-state index is 15.4. The molecule has 294 valence electrons. The molecule has 14 heteroatoms. The largest absolute Gasteiger partial charge is 0.497 e. The number of aromatic nitrogens is 2. The average Bonchev–Trinajstić information content (AvgIpc) is 3.75. The van der Waals surface area contributed by atoms with Crippen LogP contribution in [0.25, 0.3) is 0 Å². The van der Waals surface area contributed by atoms with E-state index in [4.69, 9.17) is 13.9 Å². The Morgan fingerprint density at radius 3 is 1.95 bits per heavy atom. The van der Waals surface area contributed by atoms with Gasteiger partial charge in [0, 0.05) is 13.3 Å². The first-order valence-corrected chi connectivity index (χ1v) is 25.6. The number of rotatable bonds is 17. The summed E-state index contributed by atoms with van der Waals surface area (Å²) in [6.45, 7) is 4.58. The van der Waals surface area contributed by atoms with Crippen molar-refractivity contribution in [2.75, 3.05) is 12.9 Å². The van der Waals surface area contributed by atoms with Crippen LogP contribution >= 0.6 is 30.0 Å². The van der Waals surface area contributed by atoms with Gasteiger partial charge in [-0.2, -0.15) is 5.26 Å². The molecular weight excluding hydrogens is 792 g/mol. The lowest BCUT2D eigenvalue weighted by Crippen LogP contribution is -2.71. The summed E-state index contributed by atoms with van der Waals surface area (Å²) in [5.41, 5.74) is 2.45. The van der Waals surface area contributed by atoms with E-state index in [1.807, 2.05) is 130 Å². The second-order valence-electron chi connectivity index (χ2n) is 14.5. The predicted octanol–water partition coefficient (Wildman–Crippen LogP) is 6.67. The molecule has 57 heavy (non-hydrogen) atoms. The van der Waals surface area contributed by atoms with Crippen molar-refractivity contribution in [1.82, 2.24) is 15.1 Å². The number of thioether (sulfide) groups is 1. The first kappa shape index (κ1) is 41.8. The Morgan fingerprint density at radius 2 is 1.47 bits per heavy atom. The number of carbonyl (C=O) groups is 3. The molecule has 0 radical (unpaired) electrons. The fraction of sp³-hybridized carbons (Fsp3) is 0.279. The number of hydrogen-bond acceptors (Lipinski definition) is 11. The van der Waals surface area contributed by atoms with Crippen molar-refractivity contribution in [3.63, 3.8) is 0 Å². The minimum atomic E-state index is -3.31. The standard InChI is InChI=1S/C43H45N4O6PS2Si/c1-30(53-57(3,4)5)38-39(36(25-26-44)37(48)28-55-43-46-45-29-56-43)47(40(38)49)41(42(50)52-27-31-21-23-32(51-2)24-22-31)54(33-15-9-6-10-16-33,34-17-11-7-12-18-34)35-19-13-8-14-20-35/h6-24,29-30,36,38-39H,25,27-28H2,1-5H3/t30-,36+,38-,39-/m1/s1. The van der Waals surface area contributed by atoms with E-state index in [0.717, 1.165) is 21.5 Å². The number of hydrogen-bond donors (Lipinski definition) is 0. The first-order chi connectivity index (χ1) is 27.5. The van der Waals surface area contributed by atoms with Gasteiger partial charge in [0.25, 0.3) is 0 Å². The van der Waals surface area contributed by atoms with Gasteiger partial charge in [0.1, 0.15) is 29.1 Å². The number of benzene rings is 4. The summed E-state index contributed by atoms with van der Waals surface area (Å²) in [5, 5.41) is 20.7. The Labute approximate surface area is 343 Å². The Morgan fingerprint density at radius 1 is 0.912 bits per heavy atom. The SMILES string of the molecule is COc1ccc(COC(=O)C(N2C(=O)[C@H]([C@@H](C)O[Si](C)(C)C)[C@H]2[C@@H](CC#N)C(=O)CSc2nncs2)=P(c2ccccc2)(c2ccccc2)c2ccccc2)cc1. The van der Waals surface area contributed by atoms with Crippen LogP contribution < -0.4 is 20.7 Å². The highest BCUT2D eigenvalue weighted by Crippen LogP contribution is 2.51. The van der Waals surface area contributed by atoms with Crippen LogP contribution in [-0.4, -0.2) is 71.5 Å². The van der Waals surface area contributed by atoms with Crippen molar-refractivity contribution in [1.29, 1.82) is 5.26 Å². The van der Waals surface area contributed by atoms with E-state index in [0.29, 0.717) is 10.1 Å². The Bertz CT molecular complexity index is 2150. The van der Waals surface area contributed by atoms with E-state index in [2.05, 4.69) is 16.3 Å². The molecule has 1 aromatic heterocycles. The van der Waals surface area contributed by atoms with Crippen LogP contribution in [0.3, 0.4) is 0 Å². The lowest BCUT2D eigenvalue weighted by atomic mass is 9.73. The summed E-state index contributed by atoms with van der Waals surface area (Å²) in [6.07, 6.45) is -0.786. The third-order valence-corrected chi connectivity index (χ3v) is 16.9. The molecule has 0 bridgehead atoms. The summed E-state index contributed by atoms with van der Waals surface area (Å²) in [4.78, 5) is 46.6. The van der Waals surface area contributed by atoms with Crippen molar-refractivity contribution in [2.45, 2.75) is 56.1 Å². The highest BCUT2D eigenvalue weighted by molar-refractivity contribution is 8.01. The monoisotopic (exact) mass is 836 g/mol. The minimum Gasteiger partial charge on any atom is -0.497 e. The number of Topliss-reactive ketones (excluding diaryl/α,β-unsaturated/α-hetero) is 1.